The summed E-state index contributed by atoms with van der Waals surface area (Å²) in [7, 11) is -3.57. The fraction of sp³-hybridized carbons (Fsp3) is 0.588. The lowest BCUT2D eigenvalue weighted by Gasteiger charge is -2.28. The molecule has 1 fully saturated rings. The fourth-order valence-electron chi connectivity index (χ4n) is 2.73. The van der Waals surface area contributed by atoms with Gasteiger partial charge in [0.25, 0.3) is 0 Å². The number of hydrogen-bond donors (Lipinski definition) is 1. The Hall–Kier alpha value is -1.02. The van der Waals surface area contributed by atoms with E-state index in [4.69, 9.17) is 27.9 Å². The quantitative estimate of drug-likeness (QED) is 0.782. The van der Waals surface area contributed by atoms with Crippen LogP contribution in [0.4, 0.5) is 4.79 Å². The van der Waals surface area contributed by atoms with E-state index in [-0.39, 0.29) is 18.3 Å². The number of halogens is 2. The van der Waals surface area contributed by atoms with Gasteiger partial charge in [-0.05, 0) is 51.3 Å². The Morgan fingerprint density at radius 1 is 1.31 bits per heavy atom. The number of benzene rings is 1. The molecule has 146 valence electrons. The number of nitrogens with one attached hydrogen (secondary N) is 1. The molecule has 0 spiro atoms. The van der Waals surface area contributed by atoms with E-state index in [0.717, 1.165) is 12.8 Å². The maximum absolute atomic E-state index is 12.3. The smallest absolute Gasteiger partial charge is 0.410 e. The molecule has 6 nitrogen and oxygen atoms in total. The van der Waals surface area contributed by atoms with Crippen molar-refractivity contribution in [3.63, 3.8) is 0 Å². The topological polar surface area (TPSA) is 75.7 Å². The highest BCUT2D eigenvalue weighted by Crippen LogP contribution is 2.24. The summed E-state index contributed by atoms with van der Waals surface area (Å²) in [4.78, 5) is 13.8. The van der Waals surface area contributed by atoms with Gasteiger partial charge in [0.15, 0.2) is 0 Å². The molecular weight excluding hydrogens is 399 g/mol. The zero-order valence-electron chi connectivity index (χ0n) is 15.1. The minimum absolute atomic E-state index is 0.156. The van der Waals surface area contributed by atoms with Crippen LogP contribution in [-0.2, 0) is 20.5 Å². The summed E-state index contributed by atoms with van der Waals surface area (Å²) >= 11 is 11.8. The molecule has 1 amide bonds. The SMILES string of the molecule is CC(C)(C)OC(=O)N1CCC[C@H]1CNS(=O)(=O)Cc1ccc(Cl)c(Cl)c1. The normalized spacial score (nSPS) is 18.2. The highest BCUT2D eigenvalue weighted by atomic mass is 35.5. The highest BCUT2D eigenvalue weighted by molar-refractivity contribution is 7.88. The number of sulfonamides is 1. The summed E-state index contributed by atoms with van der Waals surface area (Å²) in [5.41, 5.74) is -0.0419. The summed E-state index contributed by atoms with van der Waals surface area (Å²) < 4.78 is 32.6. The van der Waals surface area contributed by atoms with E-state index in [9.17, 15) is 13.2 Å². The molecule has 0 saturated carbocycles. The molecule has 1 N–H and O–H groups in total. The molecule has 0 bridgehead atoms. The number of carbonyl (C=O) groups is 1. The van der Waals surface area contributed by atoms with Crippen LogP contribution < -0.4 is 4.72 Å². The second-order valence-electron chi connectivity index (χ2n) is 7.33. The van der Waals surface area contributed by atoms with Gasteiger partial charge in [-0.25, -0.2) is 17.9 Å². The molecule has 1 aliphatic heterocycles. The third kappa shape index (κ3) is 6.30. The molecule has 1 saturated heterocycles. The molecule has 0 aliphatic carbocycles. The number of nitrogens with zero attached hydrogens (tertiary/aromatic N) is 1. The predicted molar refractivity (Wildman–Crippen MR) is 103 cm³/mol. The fourth-order valence-corrected chi connectivity index (χ4v) is 4.22. The maximum atomic E-state index is 12.3. The van der Waals surface area contributed by atoms with E-state index in [2.05, 4.69) is 4.72 Å². The number of ether oxygens (including phenoxy) is 1. The van der Waals surface area contributed by atoms with Crippen molar-refractivity contribution in [1.82, 2.24) is 9.62 Å². The van der Waals surface area contributed by atoms with Crippen LogP contribution in [0, 0.1) is 0 Å². The third-order valence-corrected chi connectivity index (χ3v) is 5.94. The van der Waals surface area contributed by atoms with Gasteiger partial charge in [0.1, 0.15) is 5.60 Å². The summed E-state index contributed by atoms with van der Waals surface area (Å²) in [5, 5.41) is 0.686. The van der Waals surface area contributed by atoms with Crippen molar-refractivity contribution in [2.24, 2.45) is 0 Å². The molecule has 1 aromatic carbocycles. The Morgan fingerprint density at radius 2 is 2.00 bits per heavy atom. The molecule has 1 aliphatic rings. The van der Waals surface area contributed by atoms with Crippen molar-refractivity contribution in [2.45, 2.75) is 51.0 Å². The average molecular weight is 423 g/mol. The minimum atomic E-state index is -3.57. The minimum Gasteiger partial charge on any atom is -0.444 e. The van der Waals surface area contributed by atoms with Gasteiger partial charge in [-0.1, -0.05) is 29.3 Å². The van der Waals surface area contributed by atoms with E-state index in [1.807, 2.05) is 0 Å². The van der Waals surface area contributed by atoms with Crippen LogP contribution in [0.25, 0.3) is 0 Å². The lowest BCUT2D eigenvalue weighted by molar-refractivity contribution is 0.0229. The second-order valence-corrected chi connectivity index (χ2v) is 9.95. The Morgan fingerprint density at radius 3 is 2.62 bits per heavy atom. The maximum Gasteiger partial charge on any atom is 0.410 e. The molecule has 0 aromatic heterocycles. The van der Waals surface area contributed by atoms with Gasteiger partial charge in [-0.2, -0.15) is 0 Å². The van der Waals surface area contributed by atoms with Crippen molar-refractivity contribution in [3.05, 3.63) is 33.8 Å². The van der Waals surface area contributed by atoms with Crippen molar-refractivity contribution in [2.75, 3.05) is 13.1 Å². The molecule has 1 atom stereocenters. The van der Waals surface area contributed by atoms with Crippen LogP contribution in [-0.4, -0.2) is 44.1 Å². The molecule has 1 aromatic rings. The lowest BCUT2D eigenvalue weighted by Crippen LogP contribution is -2.45. The van der Waals surface area contributed by atoms with Gasteiger partial charge in [0, 0.05) is 19.1 Å². The van der Waals surface area contributed by atoms with Crippen molar-refractivity contribution < 1.29 is 17.9 Å². The van der Waals surface area contributed by atoms with E-state index in [0.29, 0.717) is 22.2 Å². The first-order valence-electron chi connectivity index (χ1n) is 8.38. The van der Waals surface area contributed by atoms with Crippen LogP contribution in [0.5, 0.6) is 0 Å². The number of amides is 1. The predicted octanol–water partition coefficient (Wildman–Crippen LogP) is 3.81. The largest absolute Gasteiger partial charge is 0.444 e. The standard InChI is InChI=1S/C17H24Cl2N2O4S/c1-17(2,3)25-16(22)21-8-4-5-13(21)10-20-26(23,24)11-12-6-7-14(18)15(19)9-12/h6-7,9,13,20H,4-5,8,10-11H2,1-3H3/t13-/m0/s1. The number of likely N-dealkylation sites (tertiary alicyclic amines) is 1. The molecule has 0 unspecified atom stereocenters. The summed E-state index contributed by atoms with van der Waals surface area (Å²) in [6.45, 7) is 6.12. The molecule has 9 heteroatoms. The van der Waals surface area contributed by atoms with Crippen molar-refractivity contribution in [1.29, 1.82) is 0 Å². The summed E-state index contributed by atoms with van der Waals surface area (Å²) in [6.07, 6.45) is 1.14. The Kier molecular flexibility index (Phi) is 6.82. The van der Waals surface area contributed by atoms with Gasteiger partial charge in [-0.15, -0.1) is 0 Å². The zero-order valence-corrected chi connectivity index (χ0v) is 17.4. The molecular formula is C17H24Cl2N2O4S. The molecule has 1 heterocycles. The van der Waals surface area contributed by atoms with Crippen LogP contribution in [0.2, 0.25) is 10.0 Å². The van der Waals surface area contributed by atoms with Gasteiger partial charge >= 0.3 is 6.09 Å². The van der Waals surface area contributed by atoms with E-state index >= 15 is 0 Å². The first kappa shape index (κ1) is 21.3. The Balaban J connectivity index is 1.95. The lowest BCUT2D eigenvalue weighted by atomic mass is 10.2. The summed E-state index contributed by atoms with van der Waals surface area (Å²) in [5.74, 6) is -0.205. The average Bonchev–Trinajstić information content (AvgIpc) is 2.96. The number of rotatable bonds is 5. The first-order valence-corrected chi connectivity index (χ1v) is 10.8. The highest BCUT2D eigenvalue weighted by Gasteiger charge is 2.32. The molecule has 26 heavy (non-hydrogen) atoms. The second kappa shape index (κ2) is 8.33. The van der Waals surface area contributed by atoms with Gasteiger partial charge in [0.05, 0.1) is 15.8 Å². The summed E-state index contributed by atoms with van der Waals surface area (Å²) in [6, 6.07) is 4.51. The zero-order chi connectivity index (χ0) is 19.5. The van der Waals surface area contributed by atoms with E-state index < -0.39 is 21.7 Å². The third-order valence-electron chi connectivity index (χ3n) is 3.88. The van der Waals surface area contributed by atoms with Crippen LogP contribution >= 0.6 is 23.2 Å². The monoisotopic (exact) mass is 422 g/mol. The van der Waals surface area contributed by atoms with Crippen LogP contribution in [0.1, 0.15) is 39.2 Å². The number of hydrogen-bond acceptors (Lipinski definition) is 4. The first-order chi connectivity index (χ1) is 12.0. The number of carbonyl (C=O) groups excluding carboxylic acids is 1. The van der Waals surface area contributed by atoms with E-state index in [1.54, 1.807) is 37.8 Å². The Bertz CT molecular complexity index is 763. The van der Waals surface area contributed by atoms with E-state index in [1.165, 1.54) is 6.07 Å². The van der Waals surface area contributed by atoms with Crippen LogP contribution in [0.15, 0.2) is 18.2 Å². The van der Waals surface area contributed by atoms with Gasteiger partial charge < -0.3 is 9.64 Å². The van der Waals surface area contributed by atoms with Crippen molar-refractivity contribution in [3.8, 4) is 0 Å². The van der Waals surface area contributed by atoms with Crippen LogP contribution in [0.3, 0.4) is 0 Å². The Labute approximate surface area is 164 Å². The van der Waals surface area contributed by atoms with Crippen molar-refractivity contribution >= 4 is 39.3 Å². The molecule has 2 rings (SSSR count). The van der Waals surface area contributed by atoms with Gasteiger partial charge in [-0.3, -0.25) is 0 Å². The van der Waals surface area contributed by atoms with Gasteiger partial charge in [0.2, 0.25) is 10.0 Å². The molecule has 0 radical (unpaired) electrons.